The van der Waals surface area contributed by atoms with Crippen molar-refractivity contribution < 1.29 is 4.79 Å². The first-order valence-electron chi connectivity index (χ1n) is 5.96. The van der Waals surface area contributed by atoms with Gasteiger partial charge in [-0.15, -0.1) is 0 Å². The Hall–Kier alpha value is -2.63. The molecular formula is C13H12N4O2. The van der Waals surface area contributed by atoms with E-state index in [4.69, 9.17) is 0 Å². The van der Waals surface area contributed by atoms with Crippen LogP contribution in [0.1, 0.15) is 15.9 Å². The van der Waals surface area contributed by atoms with Crippen molar-refractivity contribution in [1.82, 2.24) is 10.2 Å². The molecule has 1 aromatic carbocycles. The summed E-state index contributed by atoms with van der Waals surface area (Å²) in [6, 6.07) is 8.33. The van der Waals surface area contributed by atoms with Crippen molar-refractivity contribution in [2.24, 2.45) is 0 Å². The number of carbonyl (C=O) groups excluding carboxylic acids is 1. The lowest BCUT2D eigenvalue weighted by Gasteiger charge is -2.06. The summed E-state index contributed by atoms with van der Waals surface area (Å²) in [6.45, 7) is 0.905. The van der Waals surface area contributed by atoms with E-state index in [-0.39, 0.29) is 11.5 Å². The van der Waals surface area contributed by atoms with E-state index in [0.29, 0.717) is 11.4 Å². The summed E-state index contributed by atoms with van der Waals surface area (Å²) in [5.41, 5.74) is 2.47. The Morgan fingerprint density at radius 3 is 2.95 bits per heavy atom. The van der Waals surface area contributed by atoms with Gasteiger partial charge in [-0.2, -0.15) is 5.10 Å². The molecule has 3 rings (SSSR count). The van der Waals surface area contributed by atoms with Crippen LogP contribution in [0.2, 0.25) is 0 Å². The molecule has 1 amide bonds. The number of hydrogen-bond donors (Lipinski definition) is 3. The Labute approximate surface area is 108 Å². The van der Waals surface area contributed by atoms with Crippen LogP contribution in [0.5, 0.6) is 0 Å². The number of benzene rings is 1. The van der Waals surface area contributed by atoms with Gasteiger partial charge in [-0.1, -0.05) is 6.07 Å². The van der Waals surface area contributed by atoms with Crippen molar-refractivity contribution in [1.29, 1.82) is 0 Å². The molecule has 1 aliphatic heterocycles. The third-order valence-electron chi connectivity index (χ3n) is 3.00. The predicted molar refractivity (Wildman–Crippen MR) is 71.4 cm³/mol. The van der Waals surface area contributed by atoms with Gasteiger partial charge in [0.1, 0.15) is 0 Å². The van der Waals surface area contributed by atoms with Crippen LogP contribution in [0, 0.1) is 0 Å². The molecule has 96 valence electrons. The number of fused-ring (bicyclic) bond motifs is 1. The van der Waals surface area contributed by atoms with Crippen LogP contribution in [0.4, 0.5) is 11.5 Å². The maximum atomic E-state index is 12.0. The molecule has 19 heavy (non-hydrogen) atoms. The molecule has 0 saturated heterocycles. The Morgan fingerprint density at radius 2 is 2.16 bits per heavy atom. The Morgan fingerprint density at radius 1 is 1.26 bits per heavy atom. The second-order valence-electron chi connectivity index (χ2n) is 4.31. The number of hydrogen-bond acceptors (Lipinski definition) is 4. The van der Waals surface area contributed by atoms with Gasteiger partial charge in [0.15, 0.2) is 5.82 Å². The van der Waals surface area contributed by atoms with Crippen LogP contribution in [0.3, 0.4) is 0 Å². The number of amides is 1. The summed E-state index contributed by atoms with van der Waals surface area (Å²) in [5, 5.41) is 11.8. The van der Waals surface area contributed by atoms with E-state index < -0.39 is 0 Å². The molecule has 1 aromatic heterocycles. The minimum Gasteiger partial charge on any atom is -0.384 e. The van der Waals surface area contributed by atoms with Gasteiger partial charge in [0.2, 0.25) is 0 Å². The van der Waals surface area contributed by atoms with Crippen molar-refractivity contribution in [2.75, 3.05) is 17.2 Å². The standard InChI is InChI=1S/C13H12N4O2/c18-12-4-3-11(16-17-12)15-13(19)9-2-1-8-5-6-14-10(8)7-9/h1-4,7,14H,5-6H2,(H,17,18)(H,15,16,19). The van der Waals surface area contributed by atoms with E-state index in [9.17, 15) is 9.59 Å². The van der Waals surface area contributed by atoms with Crippen molar-refractivity contribution in [2.45, 2.75) is 6.42 Å². The maximum Gasteiger partial charge on any atom is 0.264 e. The van der Waals surface area contributed by atoms with Gasteiger partial charge >= 0.3 is 0 Å². The summed E-state index contributed by atoms with van der Waals surface area (Å²) in [5.74, 6) is 0.0640. The third-order valence-corrected chi connectivity index (χ3v) is 3.00. The van der Waals surface area contributed by atoms with E-state index in [1.807, 2.05) is 12.1 Å². The second kappa shape index (κ2) is 4.56. The molecule has 6 nitrogen and oxygen atoms in total. The monoisotopic (exact) mass is 256 g/mol. The molecule has 1 aliphatic rings. The highest BCUT2D eigenvalue weighted by Gasteiger charge is 2.13. The molecule has 2 aromatic rings. The van der Waals surface area contributed by atoms with Gasteiger partial charge in [0.25, 0.3) is 11.5 Å². The van der Waals surface area contributed by atoms with Crippen LogP contribution >= 0.6 is 0 Å². The van der Waals surface area contributed by atoms with Crippen LogP contribution in [0.25, 0.3) is 0 Å². The highest BCUT2D eigenvalue weighted by atomic mass is 16.2. The van der Waals surface area contributed by atoms with E-state index in [1.54, 1.807) is 6.07 Å². The zero-order chi connectivity index (χ0) is 13.2. The molecule has 3 N–H and O–H groups in total. The molecule has 0 fully saturated rings. The highest BCUT2D eigenvalue weighted by Crippen LogP contribution is 2.23. The molecule has 0 aliphatic carbocycles. The van der Waals surface area contributed by atoms with E-state index in [0.717, 1.165) is 18.7 Å². The van der Waals surface area contributed by atoms with E-state index in [2.05, 4.69) is 20.8 Å². The normalized spacial score (nSPS) is 12.6. The fourth-order valence-electron chi connectivity index (χ4n) is 2.03. The summed E-state index contributed by atoms with van der Waals surface area (Å²) < 4.78 is 0. The minimum atomic E-state index is -0.306. The van der Waals surface area contributed by atoms with Crippen LogP contribution in [-0.2, 0) is 6.42 Å². The van der Waals surface area contributed by atoms with Crippen molar-refractivity contribution in [3.63, 3.8) is 0 Å². The Kier molecular flexibility index (Phi) is 2.75. The fraction of sp³-hybridized carbons (Fsp3) is 0.154. The summed E-state index contributed by atoms with van der Waals surface area (Å²) in [7, 11) is 0. The Bertz CT molecular complexity index is 673. The number of nitrogens with one attached hydrogen (secondary N) is 3. The topological polar surface area (TPSA) is 86.9 Å². The highest BCUT2D eigenvalue weighted by molar-refractivity contribution is 6.04. The number of H-pyrrole nitrogens is 1. The predicted octanol–water partition coefficient (Wildman–Crippen LogP) is 0.990. The quantitative estimate of drug-likeness (QED) is 0.747. The number of rotatable bonds is 2. The number of nitrogens with zero attached hydrogens (tertiary/aromatic N) is 1. The molecule has 2 heterocycles. The molecule has 0 spiro atoms. The summed E-state index contributed by atoms with van der Waals surface area (Å²) in [4.78, 5) is 22.9. The maximum absolute atomic E-state index is 12.0. The lowest BCUT2D eigenvalue weighted by molar-refractivity contribution is 0.102. The average Bonchev–Trinajstić information content (AvgIpc) is 2.88. The van der Waals surface area contributed by atoms with Gasteiger partial charge in [0, 0.05) is 23.9 Å². The SMILES string of the molecule is O=C(Nc1ccc(=O)[nH]n1)c1ccc2c(c1)NCC2. The molecule has 6 heteroatoms. The van der Waals surface area contributed by atoms with E-state index >= 15 is 0 Å². The number of aromatic amines is 1. The largest absolute Gasteiger partial charge is 0.384 e. The van der Waals surface area contributed by atoms with Crippen LogP contribution < -0.4 is 16.2 Å². The number of anilines is 2. The lowest BCUT2D eigenvalue weighted by atomic mass is 10.1. The van der Waals surface area contributed by atoms with Gasteiger partial charge in [-0.3, -0.25) is 9.59 Å². The van der Waals surface area contributed by atoms with Gasteiger partial charge in [-0.25, -0.2) is 5.10 Å². The summed E-state index contributed by atoms with van der Waals surface area (Å²) in [6.07, 6.45) is 0.985. The second-order valence-corrected chi connectivity index (χ2v) is 4.31. The molecule has 0 atom stereocenters. The third kappa shape index (κ3) is 2.33. The minimum absolute atomic E-state index is 0.254. The molecule has 0 radical (unpaired) electrons. The first-order chi connectivity index (χ1) is 9.22. The number of carbonyl (C=O) groups is 1. The zero-order valence-electron chi connectivity index (χ0n) is 10.1. The average molecular weight is 256 g/mol. The summed E-state index contributed by atoms with van der Waals surface area (Å²) >= 11 is 0. The fourth-order valence-corrected chi connectivity index (χ4v) is 2.03. The van der Waals surface area contributed by atoms with Gasteiger partial charge in [0.05, 0.1) is 0 Å². The van der Waals surface area contributed by atoms with Gasteiger partial charge < -0.3 is 10.6 Å². The molecule has 0 bridgehead atoms. The first kappa shape index (κ1) is 11.5. The van der Waals surface area contributed by atoms with Crippen LogP contribution in [0.15, 0.2) is 35.1 Å². The van der Waals surface area contributed by atoms with Gasteiger partial charge in [-0.05, 0) is 30.2 Å². The van der Waals surface area contributed by atoms with Crippen LogP contribution in [-0.4, -0.2) is 22.6 Å². The van der Waals surface area contributed by atoms with Crippen molar-refractivity contribution in [3.8, 4) is 0 Å². The molecular weight excluding hydrogens is 244 g/mol. The first-order valence-corrected chi connectivity index (χ1v) is 5.96. The van der Waals surface area contributed by atoms with Crippen molar-refractivity contribution in [3.05, 3.63) is 51.8 Å². The number of aromatic nitrogens is 2. The van der Waals surface area contributed by atoms with Crippen molar-refractivity contribution >= 4 is 17.4 Å². The van der Waals surface area contributed by atoms with E-state index in [1.165, 1.54) is 17.7 Å². The smallest absolute Gasteiger partial charge is 0.264 e. The molecule has 0 unspecified atom stereocenters. The molecule has 0 saturated carbocycles. The zero-order valence-corrected chi connectivity index (χ0v) is 10.1. The Balaban J connectivity index is 1.80. The lowest BCUT2D eigenvalue weighted by Crippen LogP contribution is -2.15.